The molecule has 0 saturated heterocycles. The second kappa shape index (κ2) is 6.14. The molecule has 0 spiro atoms. The Morgan fingerprint density at radius 2 is 0.842 bits per heavy atom. The lowest BCUT2D eigenvalue weighted by molar-refractivity contribution is 0.450. The van der Waals surface area contributed by atoms with Gasteiger partial charge in [0.15, 0.2) is 0 Å². The molecule has 108 valence electrons. The second-order valence-corrected chi connectivity index (χ2v) is 10.5. The van der Waals surface area contributed by atoms with Crippen LogP contribution in [0, 0.1) is 0 Å². The molecule has 0 unspecified atom stereocenters. The van der Waals surface area contributed by atoms with Crippen molar-refractivity contribution in [3.63, 3.8) is 0 Å². The predicted molar refractivity (Wildman–Crippen MR) is 89.0 cm³/mol. The summed E-state index contributed by atoms with van der Waals surface area (Å²) in [5.74, 6) is 0. The lowest BCUT2D eigenvalue weighted by Gasteiger charge is -2.49. The molecule has 19 heavy (non-hydrogen) atoms. The van der Waals surface area contributed by atoms with E-state index in [1.165, 1.54) is 0 Å². The molecule has 0 nitrogen and oxygen atoms in total. The first-order chi connectivity index (χ1) is 8.36. The first kappa shape index (κ1) is 18.9. The predicted octanol–water partition coefficient (Wildman–Crippen LogP) is 7.04. The largest absolute Gasteiger partial charge is 0.208 e. The van der Waals surface area contributed by atoms with Crippen LogP contribution in [0.1, 0.15) is 5.56 Å². The maximum absolute atomic E-state index is 5.98. The summed E-state index contributed by atoms with van der Waals surface area (Å²) in [5, 5.41) is 0. The van der Waals surface area contributed by atoms with Crippen LogP contribution in [0.2, 0.25) is 0 Å². The highest BCUT2D eigenvalue weighted by Gasteiger charge is 2.71. The van der Waals surface area contributed by atoms with E-state index in [0.29, 0.717) is 0 Å². The molecular weight excluding hydrogens is 439 g/mol. The maximum atomic E-state index is 5.98. The number of benzene rings is 1. The van der Waals surface area contributed by atoms with E-state index < -0.39 is 16.8 Å². The van der Waals surface area contributed by atoms with E-state index in [1.54, 1.807) is 30.3 Å². The maximum Gasteiger partial charge on any atom is 0.208 e. The zero-order valence-electron chi connectivity index (χ0n) is 8.79. The van der Waals surface area contributed by atoms with Crippen molar-refractivity contribution in [3.8, 4) is 0 Å². The third-order valence-electron chi connectivity index (χ3n) is 2.48. The van der Waals surface area contributed by atoms with Crippen LogP contribution in [-0.4, -0.2) is 11.4 Å². The fourth-order valence-corrected chi connectivity index (χ4v) is 6.50. The third kappa shape index (κ3) is 3.44. The van der Waals surface area contributed by atoms with Gasteiger partial charge < -0.3 is 0 Å². The SMILES string of the molecule is ClC(Cl)(Cl)C(c1ccccc1)(C(Cl)(Cl)Cl)C(Cl)(Cl)Cl. The van der Waals surface area contributed by atoms with Crippen molar-refractivity contribution < 1.29 is 0 Å². The second-order valence-electron chi connectivity index (χ2n) is 3.61. The van der Waals surface area contributed by atoms with Crippen LogP contribution in [0.15, 0.2) is 30.3 Å². The van der Waals surface area contributed by atoms with Crippen molar-refractivity contribution >= 4 is 104 Å². The van der Waals surface area contributed by atoms with E-state index in [-0.39, 0.29) is 5.56 Å². The zero-order valence-corrected chi connectivity index (χ0v) is 15.6. The Labute approximate surface area is 156 Å². The molecule has 0 aliphatic rings. The van der Waals surface area contributed by atoms with Crippen LogP contribution < -0.4 is 0 Å². The van der Waals surface area contributed by atoms with Gasteiger partial charge in [0.2, 0.25) is 11.4 Å². The molecule has 0 radical (unpaired) electrons. The molecule has 9 heteroatoms. The Kier molecular flexibility index (Phi) is 6.10. The summed E-state index contributed by atoms with van der Waals surface area (Å²) in [4.78, 5) is 0. The summed E-state index contributed by atoms with van der Waals surface area (Å²) in [6.07, 6.45) is 0. The molecule has 0 fully saturated rings. The average Bonchev–Trinajstić information content (AvgIpc) is 2.12. The van der Waals surface area contributed by atoms with E-state index in [0.717, 1.165) is 0 Å². The summed E-state index contributed by atoms with van der Waals surface area (Å²) in [5.41, 5.74) is -1.73. The van der Waals surface area contributed by atoms with Gasteiger partial charge in [0.05, 0.1) is 0 Å². The Bertz CT molecular complexity index is 387. The molecule has 0 bridgehead atoms. The summed E-state index contributed by atoms with van der Waals surface area (Å²) >= 11 is 53.9. The number of rotatable bonds is 1. The molecular formula is C10H5Cl9. The Morgan fingerprint density at radius 3 is 1.11 bits per heavy atom. The summed E-state index contributed by atoms with van der Waals surface area (Å²) in [6.45, 7) is 0. The number of halogens is 9. The van der Waals surface area contributed by atoms with Gasteiger partial charge in [-0.2, -0.15) is 0 Å². The minimum atomic E-state index is -2.19. The molecule has 0 atom stereocenters. The molecule has 0 aliphatic carbocycles. The van der Waals surface area contributed by atoms with Crippen LogP contribution in [0.3, 0.4) is 0 Å². The van der Waals surface area contributed by atoms with E-state index in [9.17, 15) is 0 Å². The molecule has 0 saturated carbocycles. The quantitative estimate of drug-likeness (QED) is 0.408. The normalized spacial score (nSPS) is 14.6. The van der Waals surface area contributed by atoms with Gasteiger partial charge in [-0.15, -0.1) is 0 Å². The number of alkyl halides is 9. The van der Waals surface area contributed by atoms with Crippen molar-refractivity contribution in [1.29, 1.82) is 0 Å². The van der Waals surface area contributed by atoms with Gasteiger partial charge in [-0.25, -0.2) is 0 Å². The summed E-state index contributed by atoms with van der Waals surface area (Å²) < 4.78 is -6.57. The molecule has 0 amide bonds. The average molecular weight is 444 g/mol. The molecule has 0 heterocycles. The smallest absolute Gasteiger partial charge is 0.0823 e. The van der Waals surface area contributed by atoms with Gasteiger partial charge in [-0.05, 0) is 5.56 Å². The van der Waals surface area contributed by atoms with Crippen LogP contribution in [0.5, 0.6) is 0 Å². The highest BCUT2D eigenvalue weighted by atomic mass is 35.6. The number of hydrogen-bond donors (Lipinski definition) is 0. The zero-order chi connectivity index (χ0) is 15.1. The lowest BCUT2D eigenvalue weighted by atomic mass is 9.84. The summed E-state index contributed by atoms with van der Waals surface area (Å²) in [7, 11) is 0. The van der Waals surface area contributed by atoms with Crippen molar-refractivity contribution in [2.75, 3.05) is 0 Å². The van der Waals surface area contributed by atoms with Crippen LogP contribution >= 0.6 is 104 Å². The van der Waals surface area contributed by atoms with Crippen LogP contribution in [0.4, 0.5) is 0 Å². The molecule has 1 aromatic rings. The van der Waals surface area contributed by atoms with Crippen molar-refractivity contribution in [1.82, 2.24) is 0 Å². The molecule has 0 N–H and O–H groups in total. The minimum absolute atomic E-state index is 0.273. The first-order valence-electron chi connectivity index (χ1n) is 4.61. The van der Waals surface area contributed by atoms with E-state index in [2.05, 4.69) is 0 Å². The molecule has 1 aromatic carbocycles. The van der Waals surface area contributed by atoms with E-state index in [1.807, 2.05) is 0 Å². The standard InChI is InChI=1S/C10H5Cl9/c11-8(12,13)7(9(14,15)16,10(17,18)19)6-4-2-1-3-5-6/h1-5H. The number of hydrogen-bond acceptors (Lipinski definition) is 0. The Hall–Kier alpha value is 1.83. The molecule has 0 aromatic heterocycles. The van der Waals surface area contributed by atoms with E-state index in [4.69, 9.17) is 104 Å². The first-order valence-corrected chi connectivity index (χ1v) is 8.01. The fourth-order valence-electron chi connectivity index (χ4n) is 1.66. The van der Waals surface area contributed by atoms with E-state index >= 15 is 0 Å². The van der Waals surface area contributed by atoms with Crippen molar-refractivity contribution in [2.24, 2.45) is 0 Å². The van der Waals surface area contributed by atoms with Gasteiger partial charge in [0, 0.05) is 0 Å². The van der Waals surface area contributed by atoms with Crippen LogP contribution in [-0.2, 0) is 5.41 Å². The Balaban J connectivity index is 3.76. The summed E-state index contributed by atoms with van der Waals surface area (Å²) in [6, 6.07) is 8.11. The van der Waals surface area contributed by atoms with Gasteiger partial charge in [0.25, 0.3) is 0 Å². The van der Waals surface area contributed by atoms with Gasteiger partial charge in [0.1, 0.15) is 5.41 Å². The highest BCUT2D eigenvalue weighted by Crippen LogP contribution is 2.67. The molecule has 0 aliphatic heterocycles. The lowest BCUT2D eigenvalue weighted by Crippen LogP contribution is -2.59. The van der Waals surface area contributed by atoms with Crippen molar-refractivity contribution in [2.45, 2.75) is 16.8 Å². The monoisotopic (exact) mass is 440 g/mol. The van der Waals surface area contributed by atoms with Gasteiger partial charge in [-0.1, -0.05) is 135 Å². The molecule has 1 rings (SSSR count). The van der Waals surface area contributed by atoms with Gasteiger partial charge >= 0.3 is 0 Å². The van der Waals surface area contributed by atoms with Crippen molar-refractivity contribution in [3.05, 3.63) is 35.9 Å². The highest BCUT2D eigenvalue weighted by molar-refractivity contribution is 6.78. The fraction of sp³-hybridized carbons (Fsp3) is 0.400. The van der Waals surface area contributed by atoms with Crippen LogP contribution in [0.25, 0.3) is 0 Å². The van der Waals surface area contributed by atoms with Gasteiger partial charge in [-0.3, -0.25) is 0 Å². The minimum Gasteiger partial charge on any atom is -0.0823 e. The topological polar surface area (TPSA) is 0 Å². The Morgan fingerprint density at radius 1 is 0.526 bits per heavy atom. The third-order valence-corrected chi connectivity index (χ3v) is 5.03.